The van der Waals surface area contributed by atoms with E-state index in [0.717, 1.165) is 51.5 Å². The van der Waals surface area contributed by atoms with Crippen molar-refractivity contribution < 1.29 is 0 Å². The SMILES string of the molecule is Cc1ccc(-c2nc3cc4c(cc3[nH]2)CC(c2ccc(N)cc2)=N4)cc1. The molecule has 4 heteroatoms. The Labute approximate surface area is 151 Å². The summed E-state index contributed by atoms with van der Waals surface area (Å²) in [6.07, 6.45) is 0.827. The average Bonchev–Trinajstić information content (AvgIpc) is 3.23. The van der Waals surface area contributed by atoms with E-state index in [1.165, 1.54) is 11.1 Å². The number of hydrogen-bond donors (Lipinski definition) is 2. The summed E-state index contributed by atoms with van der Waals surface area (Å²) in [5.41, 5.74) is 15.3. The molecular formula is C22H18N4. The minimum atomic E-state index is 0.769. The number of fused-ring (bicyclic) bond motifs is 2. The van der Waals surface area contributed by atoms with Gasteiger partial charge in [0.05, 0.1) is 22.4 Å². The third-order valence-electron chi connectivity index (χ3n) is 4.86. The van der Waals surface area contributed by atoms with E-state index in [1.54, 1.807) is 0 Å². The Balaban J connectivity index is 1.53. The van der Waals surface area contributed by atoms with Crippen molar-refractivity contribution in [2.45, 2.75) is 13.3 Å². The molecule has 3 aromatic carbocycles. The molecule has 1 aliphatic heterocycles. The maximum absolute atomic E-state index is 5.78. The van der Waals surface area contributed by atoms with Crippen LogP contribution < -0.4 is 5.73 Å². The fourth-order valence-electron chi connectivity index (χ4n) is 3.39. The van der Waals surface area contributed by atoms with E-state index in [0.29, 0.717) is 0 Å². The van der Waals surface area contributed by atoms with E-state index in [2.05, 4.69) is 48.3 Å². The third-order valence-corrected chi connectivity index (χ3v) is 4.86. The topological polar surface area (TPSA) is 67.1 Å². The number of aliphatic imine (C=N–C) groups is 1. The maximum atomic E-state index is 5.78. The number of aromatic amines is 1. The standard InChI is InChI=1S/C22H18N4/c1-13-2-4-15(5-3-13)22-25-20-11-16-10-18(14-6-8-17(23)9-7-14)24-19(16)12-21(20)26-22/h2-9,11-12H,10,23H2,1H3,(H,25,26). The molecule has 0 amide bonds. The number of benzene rings is 3. The average molecular weight is 338 g/mol. The predicted molar refractivity (Wildman–Crippen MR) is 107 cm³/mol. The maximum Gasteiger partial charge on any atom is 0.138 e. The lowest BCUT2D eigenvalue weighted by Gasteiger charge is -2.00. The molecule has 126 valence electrons. The van der Waals surface area contributed by atoms with Crippen LogP contribution in [-0.2, 0) is 6.42 Å². The minimum Gasteiger partial charge on any atom is -0.399 e. The first-order valence-corrected chi connectivity index (χ1v) is 8.69. The number of nitrogens with one attached hydrogen (secondary N) is 1. The monoisotopic (exact) mass is 338 g/mol. The second-order valence-corrected chi connectivity index (χ2v) is 6.81. The van der Waals surface area contributed by atoms with Crippen LogP contribution in [0.15, 0.2) is 65.7 Å². The fourth-order valence-corrected chi connectivity index (χ4v) is 3.39. The zero-order valence-electron chi connectivity index (χ0n) is 14.5. The van der Waals surface area contributed by atoms with Gasteiger partial charge < -0.3 is 10.7 Å². The smallest absolute Gasteiger partial charge is 0.138 e. The van der Waals surface area contributed by atoms with Gasteiger partial charge in [0.1, 0.15) is 5.82 Å². The Hall–Kier alpha value is -3.40. The van der Waals surface area contributed by atoms with Crippen molar-refractivity contribution in [3.8, 4) is 11.4 Å². The largest absolute Gasteiger partial charge is 0.399 e. The van der Waals surface area contributed by atoms with Crippen LogP contribution in [0, 0.1) is 6.92 Å². The second kappa shape index (κ2) is 5.56. The number of H-pyrrole nitrogens is 1. The first-order chi connectivity index (χ1) is 12.7. The molecule has 0 atom stereocenters. The van der Waals surface area contributed by atoms with E-state index in [-0.39, 0.29) is 0 Å². The molecule has 0 saturated heterocycles. The zero-order valence-corrected chi connectivity index (χ0v) is 14.5. The van der Waals surface area contributed by atoms with Crippen LogP contribution >= 0.6 is 0 Å². The van der Waals surface area contributed by atoms with Crippen molar-refractivity contribution in [1.82, 2.24) is 9.97 Å². The van der Waals surface area contributed by atoms with E-state index in [9.17, 15) is 0 Å². The molecule has 0 bridgehead atoms. The summed E-state index contributed by atoms with van der Waals surface area (Å²) in [6, 6.07) is 20.5. The summed E-state index contributed by atoms with van der Waals surface area (Å²) in [4.78, 5) is 13.0. The molecule has 1 aliphatic rings. The highest BCUT2D eigenvalue weighted by atomic mass is 14.9. The zero-order chi connectivity index (χ0) is 17.7. The van der Waals surface area contributed by atoms with E-state index < -0.39 is 0 Å². The number of aryl methyl sites for hydroxylation is 1. The first kappa shape index (κ1) is 14.9. The molecule has 0 spiro atoms. The van der Waals surface area contributed by atoms with Crippen LogP contribution in [0.3, 0.4) is 0 Å². The lowest BCUT2D eigenvalue weighted by Crippen LogP contribution is -2.00. The van der Waals surface area contributed by atoms with Crippen molar-refractivity contribution >= 4 is 28.1 Å². The number of aromatic nitrogens is 2. The molecule has 5 rings (SSSR count). The van der Waals surface area contributed by atoms with Crippen LogP contribution in [0.4, 0.5) is 11.4 Å². The highest BCUT2D eigenvalue weighted by molar-refractivity contribution is 6.07. The number of hydrogen-bond acceptors (Lipinski definition) is 3. The van der Waals surface area contributed by atoms with Gasteiger partial charge in [0, 0.05) is 17.7 Å². The summed E-state index contributed by atoms with van der Waals surface area (Å²) in [5, 5.41) is 0. The Morgan fingerprint density at radius 1 is 0.923 bits per heavy atom. The molecule has 0 aliphatic carbocycles. The molecule has 4 nitrogen and oxygen atoms in total. The molecule has 2 heterocycles. The van der Waals surface area contributed by atoms with Gasteiger partial charge in [-0.1, -0.05) is 42.0 Å². The first-order valence-electron chi connectivity index (χ1n) is 8.69. The van der Waals surface area contributed by atoms with Crippen molar-refractivity contribution in [2.24, 2.45) is 4.99 Å². The molecule has 0 saturated carbocycles. The van der Waals surface area contributed by atoms with Gasteiger partial charge in [-0.25, -0.2) is 4.98 Å². The molecule has 0 unspecified atom stereocenters. The van der Waals surface area contributed by atoms with E-state index >= 15 is 0 Å². The summed E-state index contributed by atoms with van der Waals surface area (Å²) in [6.45, 7) is 2.09. The summed E-state index contributed by atoms with van der Waals surface area (Å²) in [5.74, 6) is 0.895. The van der Waals surface area contributed by atoms with Crippen LogP contribution in [0.25, 0.3) is 22.4 Å². The van der Waals surface area contributed by atoms with Gasteiger partial charge in [0.15, 0.2) is 0 Å². The van der Waals surface area contributed by atoms with Crippen molar-refractivity contribution in [1.29, 1.82) is 0 Å². The molecule has 1 aromatic heterocycles. The molecule has 3 N–H and O–H groups in total. The van der Waals surface area contributed by atoms with E-state index in [4.69, 9.17) is 15.7 Å². The highest BCUT2D eigenvalue weighted by Gasteiger charge is 2.18. The Morgan fingerprint density at radius 2 is 1.65 bits per heavy atom. The van der Waals surface area contributed by atoms with Gasteiger partial charge in [-0.3, -0.25) is 4.99 Å². The number of anilines is 1. The lowest BCUT2D eigenvalue weighted by atomic mass is 10.0. The highest BCUT2D eigenvalue weighted by Crippen LogP contribution is 2.33. The lowest BCUT2D eigenvalue weighted by molar-refractivity contribution is 1.33. The summed E-state index contributed by atoms with van der Waals surface area (Å²) >= 11 is 0. The van der Waals surface area contributed by atoms with Crippen LogP contribution in [0.1, 0.15) is 16.7 Å². The number of rotatable bonds is 2. The number of imidazole rings is 1. The molecular weight excluding hydrogens is 320 g/mol. The molecule has 0 radical (unpaired) electrons. The minimum absolute atomic E-state index is 0.769. The predicted octanol–water partition coefficient (Wildman–Crippen LogP) is 4.80. The summed E-state index contributed by atoms with van der Waals surface area (Å²) < 4.78 is 0. The number of nitrogens with zero attached hydrogens (tertiary/aromatic N) is 2. The third kappa shape index (κ3) is 2.47. The van der Waals surface area contributed by atoms with Crippen LogP contribution in [0.5, 0.6) is 0 Å². The fraction of sp³-hybridized carbons (Fsp3) is 0.0909. The van der Waals surface area contributed by atoms with Crippen molar-refractivity contribution in [3.05, 3.63) is 77.4 Å². The molecule has 0 fully saturated rings. The second-order valence-electron chi connectivity index (χ2n) is 6.81. The number of nitrogens with two attached hydrogens (primary N) is 1. The Morgan fingerprint density at radius 3 is 2.42 bits per heavy atom. The Kier molecular flexibility index (Phi) is 3.19. The van der Waals surface area contributed by atoms with Crippen LogP contribution in [-0.4, -0.2) is 15.7 Å². The van der Waals surface area contributed by atoms with Gasteiger partial charge in [-0.2, -0.15) is 0 Å². The van der Waals surface area contributed by atoms with Crippen molar-refractivity contribution in [2.75, 3.05) is 5.73 Å². The van der Waals surface area contributed by atoms with Gasteiger partial charge in [-0.05, 0) is 42.3 Å². The molecule has 26 heavy (non-hydrogen) atoms. The van der Waals surface area contributed by atoms with Crippen LogP contribution in [0.2, 0.25) is 0 Å². The van der Waals surface area contributed by atoms with Gasteiger partial charge in [0.25, 0.3) is 0 Å². The quantitative estimate of drug-likeness (QED) is 0.516. The molecule has 4 aromatic rings. The Bertz CT molecular complexity index is 1150. The van der Waals surface area contributed by atoms with Gasteiger partial charge in [0.2, 0.25) is 0 Å². The van der Waals surface area contributed by atoms with E-state index in [1.807, 2.05) is 24.3 Å². The number of nitrogen functional groups attached to an aromatic ring is 1. The summed E-state index contributed by atoms with van der Waals surface area (Å²) in [7, 11) is 0. The van der Waals surface area contributed by atoms with Crippen molar-refractivity contribution in [3.63, 3.8) is 0 Å². The van der Waals surface area contributed by atoms with Gasteiger partial charge in [-0.15, -0.1) is 0 Å². The van der Waals surface area contributed by atoms with Gasteiger partial charge >= 0.3 is 0 Å². The normalized spacial score (nSPS) is 13.0.